The number of hydrogen-bond donors (Lipinski definition) is 1. The molecule has 2 aromatic rings. The van der Waals surface area contributed by atoms with E-state index in [-0.39, 0.29) is 11.6 Å². The normalized spacial score (nSPS) is 11.5. The number of aromatic amines is 1. The molecule has 0 aliphatic carbocycles. The molecule has 15 heavy (non-hydrogen) atoms. The number of H-pyrrole nitrogens is 1. The second-order valence-corrected chi connectivity index (χ2v) is 3.65. The zero-order chi connectivity index (χ0) is 11.2. The highest BCUT2D eigenvalue weighted by atomic mass is 19.2. The summed E-state index contributed by atoms with van der Waals surface area (Å²) >= 11 is 0. The summed E-state index contributed by atoms with van der Waals surface area (Å²) in [4.78, 5) is 13.9. The molecule has 0 saturated carbocycles. The molecule has 0 aliphatic rings. The molecule has 0 spiro atoms. The van der Waals surface area contributed by atoms with E-state index < -0.39 is 17.3 Å². The molecule has 0 fully saturated rings. The number of benzene rings is 1. The van der Waals surface area contributed by atoms with Gasteiger partial charge in [-0.25, -0.2) is 13.6 Å². The van der Waals surface area contributed by atoms with Crippen LogP contribution in [0.25, 0.3) is 11.0 Å². The van der Waals surface area contributed by atoms with Crippen molar-refractivity contribution in [3.63, 3.8) is 0 Å². The molecule has 0 bridgehead atoms. The Balaban J connectivity index is 2.96. The minimum atomic E-state index is -0.987. The fraction of sp³-hybridized carbons (Fsp3) is 0.300. The van der Waals surface area contributed by atoms with Crippen LogP contribution in [0, 0.1) is 11.6 Å². The van der Waals surface area contributed by atoms with Crippen LogP contribution in [0.3, 0.4) is 0 Å². The van der Waals surface area contributed by atoms with Crippen LogP contribution >= 0.6 is 0 Å². The van der Waals surface area contributed by atoms with Crippen molar-refractivity contribution in [1.29, 1.82) is 0 Å². The molecular formula is C10H10F2N2O. The van der Waals surface area contributed by atoms with Crippen molar-refractivity contribution in [2.75, 3.05) is 0 Å². The van der Waals surface area contributed by atoms with Gasteiger partial charge in [-0.15, -0.1) is 0 Å². The van der Waals surface area contributed by atoms with Crippen molar-refractivity contribution in [3.8, 4) is 0 Å². The Morgan fingerprint density at radius 2 is 2.00 bits per heavy atom. The molecule has 3 nitrogen and oxygen atoms in total. The van der Waals surface area contributed by atoms with Crippen molar-refractivity contribution >= 4 is 11.0 Å². The lowest BCUT2D eigenvalue weighted by atomic mass is 10.2. The molecule has 1 aromatic carbocycles. The smallest absolute Gasteiger partial charge is 0.305 e. The van der Waals surface area contributed by atoms with E-state index in [1.807, 2.05) is 0 Å². The minimum Gasteiger partial charge on any atom is -0.305 e. The number of rotatable bonds is 1. The van der Waals surface area contributed by atoms with Crippen LogP contribution in [0.15, 0.2) is 16.9 Å². The largest absolute Gasteiger partial charge is 0.326 e. The molecular weight excluding hydrogens is 202 g/mol. The third-order valence-corrected chi connectivity index (χ3v) is 2.29. The van der Waals surface area contributed by atoms with Gasteiger partial charge >= 0.3 is 5.69 Å². The van der Waals surface area contributed by atoms with Gasteiger partial charge in [0.15, 0.2) is 11.6 Å². The van der Waals surface area contributed by atoms with Crippen molar-refractivity contribution < 1.29 is 8.78 Å². The summed E-state index contributed by atoms with van der Waals surface area (Å²) < 4.78 is 27.7. The zero-order valence-corrected chi connectivity index (χ0v) is 8.34. The summed E-state index contributed by atoms with van der Waals surface area (Å²) in [5.74, 6) is -1.93. The van der Waals surface area contributed by atoms with E-state index in [1.54, 1.807) is 13.8 Å². The van der Waals surface area contributed by atoms with Crippen molar-refractivity contribution in [3.05, 3.63) is 34.3 Å². The van der Waals surface area contributed by atoms with Crippen LogP contribution in [0.1, 0.15) is 19.9 Å². The summed E-state index contributed by atoms with van der Waals surface area (Å²) in [5.41, 5.74) is -0.118. The van der Waals surface area contributed by atoms with E-state index in [9.17, 15) is 13.6 Å². The molecule has 1 aromatic heterocycles. The maximum Gasteiger partial charge on any atom is 0.326 e. The van der Waals surface area contributed by atoms with Gasteiger partial charge in [0, 0.05) is 6.04 Å². The summed E-state index contributed by atoms with van der Waals surface area (Å²) in [7, 11) is 0. The van der Waals surface area contributed by atoms with Crippen LogP contribution in [-0.2, 0) is 0 Å². The van der Waals surface area contributed by atoms with Crippen molar-refractivity contribution in [2.45, 2.75) is 19.9 Å². The first-order valence-electron chi connectivity index (χ1n) is 4.60. The molecule has 0 saturated heterocycles. The average Bonchev–Trinajstić information content (AvgIpc) is 2.49. The van der Waals surface area contributed by atoms with Gasteiger partial charge in [0.2, 0.25) is 0 Å². The van der Waals surface area contributed by atoms with E-state index >= 15 is 0 Å². The standard InChI is InChI=1S/C10H10F2N2O/c1-5(2)14-9-7(13-10(14)15)4-3-6(11)8(9)12/h3-5H,1-2H3,(H,13,15). The molecule has 0 amide bonds. The Kier molecular flexibility index (Phi) is 2.10. The highest BCUT2D eigenvalue weighted by Gasteiger charge is 2.16. The van der Waals surface area contributed by atoms with Crippen molar-refractivity contribution in [2.24, 2.45) is 0 Å². The average molecular weight is 212 g/mol. The van der Waals surface area contributed by atoms with Crippen LogP contribution in [-0.4, -0.2) is 9.55 Å². The first-order chi connectivity index (χ1) is 7.02. The number of nitrogens with one attached hydrogen (secondary N) is 1. The number of nitrogens with zero attached hydrogens (tertiary/aromatic N) is 1. The lowest BCUT2D eigenvalue weighted by Gasteiger charge is -2.07. The quantitative estimate of drug-likeness (QED) is 0.773. The Bertz CT molecular complexity index is 569. The predicted molar refractivity (Wildman–Crippen MR) is 52.9 cm³/mol. The maximum absolute atomic E-state index is 13.5. The molecule has 1 N–H and O–H groups in total. The van der Waals surface area contributed by atoms with Gasteiger partial charge in [0.05, 0.1) is 5.52 Å². The van der Waals surface area contributed by atoms with Gasteiger partial charge in [-0.05, 0) is 26.0 Å². The first kappa shape index (κ1) is 9.89. The molecule has 80 valence electrons. The van der Waals surface area contributed by atoms with Crippen molar-refractivity contribution in [1.82, 2.24) is 9.55 Å². The van der Waals surface area contributed by atoms with Gasteiger partial charge in [-0.3, -0.25) is 4.57 Å². The second kappa shape index (κ2) is 3.18. The monoisotopic (exact) mass is 212 g/mol. The third kappa shape index (κ3) is 1.35. The fourth-order valence-electron chi connectivity index (χ4n) is 1.65. The fourth-order valence-corrected chi connectivity index (χ4v) is 1.65. The first-order valence-corrected chi connectivity index (χ1v) is 4.60. The highest BCUT2D eigenvalue weighted by molar-refractivity contribution is 5.76. The summed E-state index contributed by atoms with van der Waals surface area (Å²) in [6.07, 6.45) is 0. The summed E-state index contributed by atoms with van der Waals surface area (Å²) in [6, 6.07) is 2.13. The van der Waals surface area contributed by atoms with Gasteiger partial charge < -0.3 is 4.98 Å². The molecule has 0 unspecified atom stereocenters. The van der Waals surface area contributed by atoms with Crippen LogP contribution in [0.4, 0.5) is 8.78 Å². The Labute approximate surface area is 84.3 Å². The highest BCUT2D eigenvalue weighted by Crippen LogP contribution is 2.20. The van der Waals surface area contributed by atoms with E-state index in [4.69, 9.17) is 0 Å². The SMILES string of the molecule is CC(C)n1c(=O)[nH]c2ccc(F)c(F)c21. The number of fused-ring (bicyclic) bond motifs is 1. The number of halogens is 2. The molecule has 0 atom stereocenters. The lowest BCUT2D eigenvalue weighted by Crippen LogP contribution is -2.18. The number of imidazole rings is 1. The molecule has 5 heteroatoms. The van der Waals surface area contributed by atoms with Gasteiger partial charge in [0.1, 0.15) is 5.52 Å². The van der Waals surface area contributed by atoms with Crippen LogP contribution in [0.2, 0.25) is 0 Å². The maximum atomic E-state index is 13.5. The van der Waals surface area contributed by atoms with E-state index in [2.05, 4.69) is 4.98 Å². The van der Waals surface area contributed by atoms with E-state index in [0.717, 1.165) is 6.07 Å². The summed E-state index contributed by atoms with van der Waals surface area (Å²) in [5, 5.41) is 0. The van der Waals surface area contributed by atoms with Gasteiger partial charge in [-0.2, -0.15) is 0 Å². The Morgan fingerprint density at radius 1 is 1.33 bits per heavy atom. The number of hydrogen-bond acceptors (Lipinski definition) is 1. The van der Waals surface area contributed by atoms with E-state index in [0.29, 0.717) is 5.52 Å². The zero-order valence-electron chi connectivity index (χ0n) is 8.34. The molecule has 0 aliphatic heterocycles. The Hall–Kier alpha value is -1.65. The van der Waals surface area contributed by atoms with E-state index in [1.165, 1.54) is 10.6 Å². The third-order valence-electron chi connectivity index (χ3n) is 2.29. The minimum absolute atomic E-state index is 0.00463. The second-order valence-electron chi connectivity index (χ2n) is 3.65. The molecule has 2 rings (SSSR count). The molecule has 1 heterocycles. The van der Waals surface area contributed by atoms with Gasteiger partial charge in [-0.1, -0.05) is 0 Å². The molecule has 0 radical (unpaired) electrons. The topological polar surface area (TPSA) is 37.8 Å². The lowest BCUT2D eigenvalue weighted by molar-refractivity contribution is 0.504. The predicted octanol–water partition coefficient (Wildman–Crippen LogP) is 2.19. The summed E-state index contributed by atoms with van der Waals surface area (Å²) in [6.45, 7) is 3.47. The van der Waals surface area contributed by atoms with Gasteiger partial charge in [0.25, 0.3) is 0 Å². The van der Waals surface area contributed by atoms with Crippen LogP contribution < -0.4 is 5.69 Å². The van der Waals surface area contributed by atoms with Crippen LogP contribution in [0.5, 0.6) is 0 Å². The number of aromatic nitrogens is 2. The Morgan fingerprint density at radius 3 is 2.60 bits per heavy atom.